The maximum absolute atomic E-state index is 12.3. The van der Waals surface area contributed by atoms with Gasteiger partial charge in [0.25, 0.3) is 0 Å². The van der Waals surface area contributed by atoms with Crippen LogP contribution >= 0.6 is 0 Å². The van der Waals surface area contributed by atoms with E-state index in [9.17, 15) is 4.79 Å². The molecule has 1 fully saturated rings. The van der Waals surface area contributed by atoms with Crippen LogP contribution in [0.1, 0.15) is 36.5 Å². The molecule has 2 N–H and O–H groups in total. The van der Waals surface area contributed by atoms with E-state index in [-0.39, 0.29) is 12.1 Å². The second-order valence-corrected chi connectivity index (χ2v) is 7.86. The highest BCUT2D eigenvalue weighted by atomic mass is 16.5. The summed E-state index contributed by atoms with van der Waals surface area (Å²) in [6.45, 7) is 6.91. The summed E-state index contributed by atoms with van der Waals surface area (Å²) in [5.74, 6) is 1.61. The van der Waals surface area contributed by atoms with Crippen molar-refractivity contribution in [3.05, 3.63) is 53.1 Å². The van der Waals surface area contributed by atoms with E-state index in [0.717, 1.165) is 67.2 Å². The third-order valence-corrected chi connectivity index (χ3v) is 5.60. The number of hydrogen-bond acceptors (Lipinski definition) is 4. The number of ether oxygens (including phenoxy) is 2. The molecule has 0 aromatic heterocycles. The predicted octanol–water partition coefficient (Wildman–Crippen LogP) is 4.36. The number of anilines is 1. The second kappa shape index (κ2) is 10.3. The molecule has 1 aliphatic heterocycles. The highest BCUT2D eigenvalue weighted by molar-refractivity contribution is 5.89. The van der Waals surface area contributed by atoms with Crippen LogP contribution < -0.4 is 20.1 Å². The Morgan fingerprint density at radius 2 is 1.90 bits per heavy atom. The largest absolute Gasteiger partial charge is 0.493 e. The van der Waals surface area contributed by atoms with E-state index in [0.29, 0.717) is 0 Å². The van der Waals surface area contributed by atoms with Crippen molar-refractivity contribution in [1.29, 1.82) is 0 Å². The molecule has 0 bridgehead atoms. The molecule has 1 saturated heterocycles. The fourth-order valence-corrected chi connectivity index (χ4v) is 4.03. The van der Waals surface area contributed by atoms with E-state index < -0.39 is 0 Å². The zero-order chi connectivity index (χ0) is 21.5. The van der Waals surface area contributed by atoms with Crippen molar-refractivity contribution in [3.8, 4) is 11.5 Å². The molecule has 0 aliphatic carbocycles. The Hall–Kier alpha value is -2.73. The number of likely N-dealkylation sites (tertiary alicyclic amines) is 1. The molecule has 0 spiro atoms. The Kier molecular flexibility index (Phi) is 7.57. The summed E-state index contributed by atoms with van der Waals surface area (Å²) in [6.07, 6.45) is 2.78. The maximum Gasteiger partial charge on any atom is 0.319 e. The van der Waals surface area contributed by atoms with Crippen LogP contribution in [-0.2, 0) is 13.0 Å². The van der Waals surface area contributed by atoms with Crippen LogP contribution in [0.5, 0.6) is 11.5 Å². The summed E-state index contributed by atoms with van der Waals surface area (Å²) in [4.78, 5) is 14.7. The van der Waals surface area contributed by atoms with Crippen LogP contribution in [0.2, 0.25) is 0 Å². The van der Waals surface area contributed by atoms with Gasteiger partial charge in [-0.3, -0.25) is 4.90 Å². The number of rotatable bonds is 7. The number of amides is 2. The summed E-state index contributed by atoms with van der Waals surface area (Å²) in [5.41, 5.74) is 4.34. The molecule has 0 atom stereocenters. The zero-order valence-electron chi connectivity index (χ0n) is 18.5. The molecular weight excluding hydrogens is 378 g/mol. The lowest BCUT2D eigenvalue weighted by atomic mass is 10.0. The Labute approximate surface area is 179 Å². The Morgan fingerprint density at radius 1 is 1.13 bits per heavy atom. The average molecular weight is 412 g/mol. The van der Waals surface area contributed by atoms with Gasteiger partial charge in [-0.25, -0.2) is 4.79 Å². The van der Waals surface area contributed by atoms with Gasteiger partial charge in [0.15, 0.2) is 11.5 Å². The summed E-state index contributed by atoms with van der Waals surface area (Å²) >= 11 is 0. The first-order valence-electron chi connectivity index (χ1n) is 10.6. The molecule has 30 heavy (non-hydrogen) atoms. The van der Waals surface area contributed by atoms with Gasteiger partial charge in [0.05, 0.1) is 14.2 Å². The van der Waals surface area contributed by atoms with E-state index in [1.54, 1.807) is 14.2 Å². The normalized spacial score (nSPS) is 14.9. The van der Waals surface area contributed by atoms with Crippen molar-refractivity contribution in [1.82, 2.24) is 10.2 Å². The number of piperidine rings is 1. The highest BCUT2D eigenvalue weighted by Crippen LogP contribution is 2.33. The summed E-state index contributed by atoms with van der Waals surface area (Å²) < 4.78 is 11.0. The van der Waals surface area contributed by atoms with Gasteiger partial charge in [-0.05, 0) is 61.1 Å². The molecule has 2 aromatic rings. The lowest BCUT2D eigenvalue weighted by Crippen LogP contribution is -2.45. The Balaban J connectivity index is 1.51. The number of urea groups is 1. The molecule has 1 heterocycles. The van der Waals surface area contributed by atoms with Crippen LogP contribution in [-0.4, -0.2) is 44.3 Å². The molecule has 0 radical (unpaired) electrons. The van der Waals surface area contributed by atoms with Crippen molar-refractivity contribution < 1.29 is 14.3 Å². The van der Waals surface area contributed by atoms with E-state index in [1.165, 1.54) is 5.56 Å². The minimum Gasteiger partial charge on any atom is -0.493 e. The SMILES string of the molecule is CCc1cc(CN2CCC(NC(=O)Nc3cccc(C)c3)CC2)cc(OC)c1OC. The molecule has 3 rings (SSSR count). The smallest absolute Gasteiger partial charge is 0.319 e. The number of nitrogens with one attached hydrogen (secondary N) is 2. The van der Waals surface area contributed by atoms with E-state index in [1.807, 2.05) is 31.2 Å². The van der Waals surface area contributed by atoms with Crippen molar-refractivity contribution >= 4 is 11.7 Å². The fourth-order valence-electron chi connectivity index (χ4n) is 4.03. The van der Waals surface area contributed by atoms with Crippen LogP contribution in [0, 0.1) is 6.92 Å². The number of methoxy groups -OCH3 is 2. The first-order chi connectivity index (χ1) is 14.5. The van der Waals surface area contributed by atoms with Crippen molar-refractivity contribution in [2.75, 3.05) is 32.6 Å². The van der Waals surface area contributed by atoms with Gasteiger partial charge >= 0.3 is 6.03 Å². The summed E-state index contributed by atoms with van der Waals surface area (Å²) in [6, 6.07) is 12.2. The van der Waals surface area contributed by atoms with Gasteiger partial charge in [-0.1, -0.05) is 25.1 Å². The number of aryl methyl sites for hydroxylation is 2. The third kappa shape index (κ3) is 5.66. The predicted molar refractivity (Wildman–Crippen MR) is 121 cm³/mol. The Bertz CT molecular complexity index is 836. The summed E-state index contributed by atoms with van der Waals surface area (Å²) in [5, 5.41) is 6.04. The van der Waals surface area contributed by atoms with Gasteiger partial charge in [0.1, 0.15) is 0 Å². The standard InChI is InChI=1S/C24H33N3O3/c1-5-19-14-18(15-22(29-3)23(19)30-4)16-27-11-9-20(10-12-27)25-24(28)26-21-8-6-7-17(2)13-21/h6-8,13-15,20H,5,9-12,16H2,1-4H3,(H2,25,26,28). The Morgan fingerprint density at radius 3 is 2.53 bits per heavy atom. The van der Waals surface area contributed by atoms with Crippen LogP contribution in [0.3, 0.4) is 0 Å². The number of carbonyl (C=O) groups excluding carboxylic acids is 1. The van der Waals surface area contributed by atoms with Gasteiger partial charge in [0.2, 0.25) is 0 Å². The minimum atomic E-state index is -0.133. The molecule has 0 saturated carbocycles. The van der Waals surface area contributed by atoms with Gasteiger partial charge in [0, 0.05) is 31.4 Å². The number of carbonyl (C=O) groups is 1. The number of benzene rings is 2. The first kappa shape index (κ1) is 22.0. The van der Waals surface area contributed by atoms with Crippen molar-refractivity contribution in [2.24, 2.45) is 0 Å². The molecule has 0 unspecified atom stereocenters. The lowest BCUT2D eigenvalue weighted by Gasteiger charge is -2.32. The van der Waals surface area contributed by atoms with Crippen LogP contribution in [0.15, 0.2) is 36.4 Å². The molecule has 6 heteroatoms. The van der Waals surface area contributed by atoms with E-state index in [2.05, 4.69) is 34.6 Å². The van der Waals surface area contributed by atoms with Crippen molar-refractivity contribution in [3.63, 3.8) is 0 Å². The molecule has 2 aromatic carbocycles. The third-order valence-electron chi connectivity index (χ3n) is 5.60. The quantitative estimate of drug-likeness (QED) is 0.711. The van der Waals surface area contributed by atoms with Gasteiger partial charge in [-0.15, -0.1) is 0 Å². The molecule has 1 aliphatic rings. The van der Waals surface area contributed by atoms with Gasteiger partial charge < -0.3 is 20.1 Å². The van der Waals surface area contributed by atoms with Gasteiger partial charge in [-0.2, -0.15) is 0 Å². The van der Waals surface area contributed by atoms with Crippen LogP contribution in [0.25, 0.3) is 0 Å². The molecule has 6 nitrogen and oxygen atoms in total. The monoisotopic (exact) mass is 411 g/mol. The topological polar surface area (TPSA) is 62.8 Å². The second-order valence-electron chi connectivity index (χ2n) is 7.86. The number of hydrogen-bond donors (Lipinski definition) is 2. The lowest BCUT2D eigenvalue weighted by molar-refractivity contribution is 0.189. The first-order valence-corrected chi connectivity index (χ1v) is 10.6. The van der Waals surface area contributed by atoms with E-state index in [4.69, 9.17) is 9.47 Å². The van der Waals surface area contributed by atoms with Crippen molar-refractivity contribution in [2.45, 2.75) is 45.7 Å². The molecule has 162 valence electrons. The zero-order valence-corrected chi connectivity index (χ0v) is 18.5. The highest BCUT2D eigenvalue weighted by Gasteiger charge is 2.21. The molecule has 2 amide bonds. The summed E-state index contributed by atoms with van der Waals surface area (Å²) in [7, 11) is 3.36. The fraction of sp³-hybridized carbons (Fsp3) is 0.458. The minimum absolute atomic E-state index is 0.133. The molecular formula is C24H33N3O3. The van der Waals surface area contributed by atoms with Crippen LogP contribution in [0.4, 0.5) is 10.5 Å². The van der Waals surface area contributed by atoms with E-state index >= 15 is 0 Å². The maximum atomic E-state index is 12.3. The number of nitrogens with zero attached hydrogens (tertiary/aromatic N) is 1. The average Bonchev–Trinajstić information content (AvgIpc) is 2.74.